The number of hydrogen-bond donors (Lipinski definition) is 6. The molecular formula is C62H87N3O21S. The summed E-state index contributed by atoms with van der Waals surface area (Å²) in [6, 6.07) is 13.5. The van der Waals surface area contributed by atoms with E-state index in [4.69, 9.17) is 42.6 Å². The molecule has 87 heavy (non-hydrogen) atoms. The molecule has 24 nitrogen and oxygen atoms in total. The van der Waals surface area contributed by atoms with Gasteiger partial charge in [0.1, 0.15) is 41.7 Å². The fourth-order valence-electron chi connectivity index (χ4n) is 12.7. The van der Waals surface area contributed by atoms with Gasteiger partial charge in [-0.25, -0.2) is 14.4 Å². The highest BCUT2D eigenvalue weighted by Crippen LogP contribution is 2.65. The summed E-state index contributed by atoms with van der Waals surface area (Å²) in [6.45, 7) is 15.0. The number of amides is 3. The van der Waals surface area contributed by atoms with Crippen LogP contribution in [-0.4, -0.2) is 193 Å². The monoisotopic (exact) mass is 1240 g/mol. The van der Waals surface area contributed by atoms with Crippen molar-refractivity contribution in [3.05, 3.63) is 71.8 Å². The highest BCUT2D eigenvalue weighted by atomic mass is 32.2. The number of alkyl carbamates (subject to hydrolysis) is 1. The molecule has 25 heteroatoms. The lowest BCUT2D eigenvalue weighted by Crippen LogP contribution is -2.83. The maximum Gasteiger partial charge on any atom is 0.408 e. The Balaban J connectivity index is 1.22. The van der Waals surface area contributed by atoms with Gasteiger partial charge in [0.05, 0.1) is 80.2 Å². The minimum absolute atomic E-state index is 0.0381. The molecule has 3 saturated carbocycles. The van der Waals surface area contributed by atoms with E-state index < -0.39 is 148 Å². The average molecular weight is 1240 g/mol. The molecule has 1 saturated heterocycles. The van der Waals surface area contributed by atoms with E-state index in [1.165, 1.54) is 26.0 Å². The van der Waals surface area contributed by atoms with Crippen molar-refractivity contribution >= 4 is 65.1 Å². The van der Waals surface area contributed by atoms with Gasteiger partial charge in [-0.15, -0.1) is 11.8 Å². The van der Waals surface area contributed by atoms with Crippen LogP contribution >= 0.6 is 11.8 Å². The number of thioether (sulfide) groups is 1. The van der Waals surface area contributed by atoms with E-state index in [0.717, 1.165) is 18.7 Å². The van der Waals surface area contributed by atoms with E-state index in [-0.39, 0.29) is 61.2 Å². The zero-order valence-corrected chi connectivity index (χ0v) is 52.1. The largest absolute Gasteiger partial charge is 0.459 e. The number of esters is 4. The van der Waals surface area contributed by atoms with Crippen molar-refractivity contribution in [2.45, 2.75) is 166 Å². The number of rotatable bonds is 29. The van der Waals surface area contributed by atoms with E-state index in [1.807, 2.05) is 0 Å². The van der Waals surface area contributed by atoms with Gasteiger partial charge in [-0.05, 0) is 77.5 Å². The van der Waals surface area contributed by atoms with Crippen LogP contribution in [0.5, 0.6) is 0 Å². The molecule has 1 heterocycles. The Bertz CT molecular complexity index is 2730. The molecule has 3 aliphatic carbocycles. The predicted molar refractivity (Wildman–Crippen MR) is 312 cm³/mol. The van der Waals surface area contributed by atoms with Crippen LogP contribution in [0.1, 0.15) is 123 Å². The Morgan fingerprint density at radius 3 is 2.08 bits per heavy atom. The number of aliphatic hydroxyl groups is 3. The number of ketones is 2. The summed E-state index contributed by atoms with van der Waals surface area (Å²) < 4.78 is 52.0. The molecule has 6 rings (SSSR count). The maximum absolute atomic E-state index is 15.4. The number of benzene rings is 2. The lowest BCUT2D eigenvalue weighted by atomic mass is 9.42. The molecule has 14 atom stereocenters. The van der Waals surface area contributed by atoms with Crippen molar-refractivity contribution in [3.63, 3.8) is 0 Å². The number of unbranched alkanes of at least 4 members (excludes halogenated alkanes) is 1. The minimum atomic E-state index is -2.43. The van der Waals surface area contributed by atoms with Crippen molar-refractivity contribution in [1.82, 2.24) is 16.0 Å². The van der Waals surface area contributed by atoms with Crippen molar-refractivity contribution < 1.29 is 101 Å². The summed E-state index contributed by atoms with van der Waals surface area (Å²) in [5, 5.41) is 46.7. The summed E-state index contributed by atoms with van der Waals surface area (Å²) in [5.41, 5.74) is -8.70. The third-order valence-corrected chi connectivity index (χ3v) is 18.1. The molecular weight excluding hydrogens is 1150 g/mol. The number of fused-ring (bicyclic) bond motifs is 5. The van der Waals surface area contributed by atoms with Crippen LogP contribution in [0.3, 0.4) is 0 Å². The predicted octanol–water partition coefficient (Wildman–Crippen LogP) is 3.91. The Kier molecular flexibility index (Phi) is 24.5. The molecule has 2 aromatic rings. The Morgan fingerprint density at radius 1 is 0.828 bits per heavy atom. The number of carbonyl (C=O) groups is 9. The number of nitrogens with one attached hydrogen (secondary N) is 3. The molecule has 0 radical (unpaired) electrons. The molecule has 0 spiro atoms. The van der Waals surface area contributed by atoms with Crippen molar-refractivity contribution in [2.24, 2.45) is 28.6 Å². The maximum atomic E-state index is 15.4. The second-order valence-electron chi connectivity index (χ2n) is 24.6. The molecule has 1 aliphatic heterocycles. The van der Waals surface area contributed by atoms with Gasteiger partial charge in [-0.1, -0.05) is 69.3 Å². The molecule has 4 fully saturated rings. The van der Waals surface area contributed by atoms with Gasteiger partial charge in [0.2, 0.25) is 17.9 Å². The van der Waals surface area contributed by atoms with Crippen LogP contribution in [0.15, 0.2) is 60.7 Å². The zero-order valence-electron chi connectivity index (χ0n) is 51.3. The lowest BCUT2D eigenvalue weighted by Gasteiger charge is -2.68. The number of hydrogen-bond acceptors (Lipinski definition) is 22. The van der Waals surface area contributed by atoms with Gasteiger partial charge in [0, 0.05) is 51.2 Å². The smallest absolute Gasteiger partial charge is 0.408 e. The third kappa shape index (κ3) is 16.8. The number of methoxy groups -OCH3 is 1. The summed E-state index contributed by atoms with van der Waals surface area (Å²) in [4.78, 5) is 124. The quantitative estimate of drug-likeness (QED) is 0.0382. The van der Waals surface area contributed by atoms with Gasteiger partial charge in [-0.3, -0.25) is 28.8 Å². The second-order valence-corrected chi connectivity index (χ2v) is 25.5. The number of carbonyl (C=O) groups excluding carboxylic acids is 9. The fourth-order valence-corrected chi connectivity index (χ4v) is 13.3. The highest BCUT2D eigenvalue weighted by Gasteiger charge is 2.79. The number of aliphatic hydroxyl groups excluding tert-OH is 2. The summed E-state index contributed by atoms with van der Waals surface area (Å²) in [7, 11) is 1.57. The second kappa shape index (κ2) is 30.4. The normalized spacial score (nSPS) is 28.2. The van der Waals surface area contributed by atoms with Gasteiger partial charge in [0.15, 0.2) is 17.2 Å². The summed E-state index contributed by atoms with van der Waals surface area (Å²) >= 11 is 0.860. The first-order chi connectivity index (χ1) is 41.0. The van der Waals surface area contributed by atoms with Crippen molar-refractivity contribution in [3.8, 4) is 0 Å². The van der Waals surface area contributed by atoms with Crippen LogP contribution in [0, 0.1) is 28.6 Å². The molecule has 3 amide bonds. The van der Waals surface area contributed by atoms with Gasteiger partial charge in [0.25, 0.3) is 0 Å². The van der Waals surface area contributed by atoms with Crippen LogP contribution in [0.25, 0.3) is 0 Å². The highest BCUT2D eigenvalue weighted by molar-refractivity contribution is 8.00. The van der Waals surface area contributed by atoms with Crippen molar-refractivity contribution in [2.75, 3.05) is 64.8 Å². The van der Waals surface area contributed by atoms with Crippen LogP contribution in [0.2, 0.25) is 0 Å². The van der Waals surface area contributed by atoms with Crippen molar-refractivity contribution in [1.29, 1.82) is 0 Å². The molecule has 0 aromatic heterocycles. The summed E-state index contributed by atoms with van der Waals surface area (Å²) in [6.07, 6.45) is -10.6. The molecule has 3 unspecified atom stereocenters. The van der Waals surface area contributed by atoms with E-state index in [2.05, 4.69) is 16.0 Å². The average Bonchev–Trinajstić information content (AvgIpc) is 0.677. The SMILES string of the molecule is COCCOCCOCCC(=O)NC(CCCCNC(=O)CSCC(=O)O[C@@H](C(=O)O[C@H]1C[C@@]2(O)[C@@H](OC(=O)c3ccccc3)[C@H]3[C@](C)(C(=O)[C@H](O)C([C@@H]1C)C2(C)C)[C@@H](O)CC1OC[C@]13OC(C)=O)[C@@H](NC(=O)OC(C)(C)C)c1ccccc1)C(C)=O. The third-order valence-electron chi connectivity index (χ3n) is 17.2. The molecule has 482 valence electrons. The zero-order chi connectivity index (χ0) is 64.1. The molecule has 2 aromatic carbocycles. The van der Waals surface area contributed by atoms with Gasteiger partial charge < -0.3 is 73.9 Å². The fraction of sp³-hybridized carbons (Fsp3) is 0.661. The topological polar surface area (TPSA) is 333 Å². The van der Waals surface area contributed by atoms with E-state index in [0.29, 0.717) is 45.7 Å². The molecule has 2 bridgehead atoms. The van der Waals surface area contributed by atoms with E-state index in [1.54, 1.807) is 97.2 Å². The summed E-state index contributed by atoms with van der Waals surface area (Å²) in [5.74, 6) is -10.7. The molecule has 4 aliphatic rings. The first kappa shape index (κ1) is 70.0. The Labute approximate surface area is 511 Å². The number of Topliss-reactive ketones (excluding diaryl/α,β-unsaturated/α-hetero) is 2. The first-order valence-corrected chi connectivity index (χ1v) is 30.6. The standard InChI is InChI=1S/C62H87N3O21S/c1-36-42(32-62(77)54(84-55(74)40-21-15-12-16-22-40)52-60(9,53(73)50(72)48(36)59(62,7)8)43(68)31-44-61(52,35-81-44)85-38(3)67)82-56(75)51(49(39-19-13-11-14-20-39)65-57(76)86-58(4,5)6)83-47(71)34-87-33-46(70)63-25-18-17-23-41(37(2)66)64-45(69)24-26-79-29-30-80-28-27-78-10/h11-16,19-22,36,41-44,48-52,54,68,72,77H,17-18,23-35H2,1-10H3,(H,63,70)(H,64,69)(H,65,76)/t36-,41?,42+,43+,44?,48?,49+,50-,51-,52+,54+,60-,61+,62-/m1/s1. The Hall–Kier alpha value is -6.06. The number of ether oxygens (including phenoxy) is 9. The van der Waals surface area contributed by atoms with E-state index >= 15 is 9.59 Å². The Morgan fingerprint density at radius 2 is 1.47 bits per heavy atom. The van der Waals surface area contributed by atoms with Crippen LogP contribution < -0.4 is 16.0 Å². The lowest BCUT2D eigenvalue weighted by molar-refractivity contribution is -0.355. The minimum Gasteiger partial charge on any atom is -0.459 e. The van der Waals surface area contributed by atoms with Crippen LogP contribution in [0.4, 0.5) is 4.79 Å². The van der Waals surface area contributed by atoms with Crippen LogP contribution in [-0.2, 0) is 76.2 Å². The molecule has 6 N–H and O–H groups in total. The van der Waals surface area contributed by atoms with Gasteiger partial charge in [-0.2, -0.15) is 0 Å². The first-order valence-electron chi connectivity index (χ1n) is 29.5. The van der Waals surface area contributed by atoms with Gasteiger partial charge >= 0.3 is 30.0 Å². The van der Waals surface area contributed by atoms with E-state index in [9.17, 15) is 48.9 Å².